The van der Waals surface area contributed by atoms with E-state index >= 15 is 0 Å². The fourth-order valence-corrected chi connectivity index (χ4v) is 3.35. The molecule has 2 heterocycles. The van der Waals surface area contributed by atoms with Crippen molar-refractivity contribution in [2.45, 2.75) is 18.9 Å². The number of hydrogen-bond donors (Lipinski definition) is 2. The number of rotatable bonds is 4. The summed E-state index contributed by atoms with van der Waals surface area (Å²) in [4.78, 5) is 6.00. The summed E-state index contributed by atoms with van der Waals surface area (Å²) in [5, 5.41) is 13.2. The van der Waals surface area contributed by atoms with Gasteiger partial charge in [0.2, 0.25) is 0 Å². The first-order valence-electron chi connectivity index (χ1n) is 8.11. The number of alkyl halides is 3. The van der Waals surface area contributed by atoms with Gasteiger partial charge in [-0.2, -0.15) is 13.2 Å². The SMILES string of the molecule is OC(Nc1ccc(C(F)(F)F)c(Cl)c1)N1CC=C(c2ncccc2Cl)CC1. The Morgan fingerprint density at radius 1 is 1.19 bits per heavy atom. The molecule has 3 rings (SSSR count). The Bertz CT molecular complexity index is 858. The largest absolute Gasteiger partial charge is 0.417 e. The Morgan fingerprint density at radius 2 is 1.96 bits per heavy atom. The highest BCUT2D eigenvalue weighted by Crippen LogP contribution is 2.36. The molecule has 27 heavy (non-hydrogen) atoms. The van der Waals surface area contributed by atoms with Crippen LogP contribution in [-0.4, -0.2) is 34.4 Å². The second-order valence-electron chi connectivity index (χ2n) is 6.02. The van der Waals surface area contributed by atoms with Crippen molar-refractivity contribution in [1.82, 2.24) is 9.88 Å². The first-order valence-corrected chi connectivity index (χ1v) is 8.86. The maximum Gasteiger partial charge on any atom is 0.417 e. The lowest BCUT2D eigenvalue weighted by molar-refractivity contribution is -0.137. The minimum atomic E-state index is -4.52. The van der Waals surface area contributed by atoms with E-state index in [2.05, 4.69) is 10.3 Å². The van der Waals surface area contributed by atoms with Crippen LogP contribution in [0.4, 0.5) is 18.9 Å². The van der Waals surface area contributed by atoms with Crippen LogP contribution in [0.15, 0.2) is 42.6 Å². The maximum atomic E-state index is 12.8. The molecule has 0 amide bonds. The average Bonchev–Trinajstić information content (AvgIpc) is 2.61. The first kappa shape index (κ1) is 19.9. The van der Waals surface area contributed by atoms with Gasteiger partial charge in [-0.05, 0) is 42.3 Å². The van der Waals surface area contributed by atoms with Crippen LogP contribution in [0.3, 0.4) is 0 Å². The molecule has 1 atom stereocenters. The number of aliphatic hydroxyl groups excluding tert-OH is 1. The number of nitrogens with zero attached hydrogens (tertiary/aromatic N) is 2. The Kier molecular flexibility index (Phi) is 5.95. The molecular weight excluding hydrogens is 402 g/mol. The molecule has 0 bridgehead atoms. The van der Waals surface area contributed by atoms with Crippen LogP contribution in [-0.2, 0) is 6.18 Å². The van der Waals surface area contributed by atoms with Crippen molar-refractivity contribution in [3.8, 4) is 0 Å². The molecular formula is C18H16Cl2F3N3O. The van der Waals surface area contributed by atoms with Gasteiger partial charge in [0.15, 0.2) is 6.35 Å². The molecule has 1 aromatic heterocycles. The molecule has 0 saturated heterocycles. The monoisotopic (exact) mass is 417 g/mol. The fraction of sp³-hybridized carbons (Fsp3) is 0.278. The van der Waals surface area contributed by atoms with Crippen molar-refractivity contribution in [2.24, 2.45) is 0 Å². The molecule has 0 saturated carbocycles. The summed E-state index contributed by atoms with van der Waals surface area (Å²) in [6.07, 6.45) is -1.38. The van der Waals surface area contributed by atoms with Crippen LogP contribution >= 0.6 is 23.2 Å². The molecule has 4 nitrogen and oxygen atoms in total. The molecule has 2 aromatic rings. The van der Waals surface area contributed by atoms with E-state index in [1.165, 1.54) is 6.07 Å². The van der Waals surface area contributed by atoms with Gasteiger partial charge < -0.3 is 10.4 Å². The van der Waals surface area contributed by atoms with E-state index in [4.69, 9.17) is 23.2 Å². The van der Waals surface area contributed by atoms with Crippen molar-refractivity contribution >= 4 is 34.5 Å². The van der Waals surface area contributed by atoms with Crippen molar-refractivity contribution in [3.05, 3.63) is 63.9 Å². The number of hydrogen-bond acceptors (Lipinski definition) is 4. The number of anilines is 1. The van der Waals surface area contributed by atoms with Crippen molar-refractivity contribution in [3.63, 3.8) is 0 Å². The van der Waals surface area contributed by atoms with Crippen molar-refractivity contribution in [1.29, 1.82) is 0 Å². The van der Waals surface area contributed by atoms with Gasteiger partial charge in [0.25, 0.3) is 0 Å². The van der Waals surface area contributed by atoms with E-state index in [1.807, 2.05) is 6.08 Å². The molecule has 144 valence electrons. The molecule has 9 heteroatoms. The molecule has 2 N–H and O–H groups in total. The van der Waals surface area contributed by atoms with E-state index in [9.17, 15) is 18.3 Å². The van der Waals surface area contributed by atoms with E-state index < -0.39 is 23.1 Å². The first-order chi connectivity index (χ1) is 12.8. The van der Waals surface area contributed by atoms with Gasteiger partial charge in [0.1, 0.15) is 0 Å². The highest BCUT2D eigenvalue weighted by atomic mass is 35.5. The summed E-state index contributed by atoms with van der Waals surface area (Å²) < 4.78 is 38.3. The summed E-state index contributed by atoms with van der Waals surface area (Å²) in [7, 11) is 0. The van der Waals surface area contributed by atoms with Gasteiger partial charge in [0.05, 0.1) is 21.3 Å². The highest BCUT2D eigenvalue weighted by molar-refractivity contribution is 6.32. The van der Waals surface area contributed by atoms with Gasteiger partial charge >= 0.3 is 6.18 Å². The van der Waals surface area contributed by atoms with Crippen molar-refractivity contribution in [2.75, 3.05) is 18.4 Å². The number of aliphatic hydroxyl groups is 1. The molecule has 1 unspecified atom stereocenters. The zero-order chi connectivity index (χ0) is 19.6. The summed E-state index contributed by atoms with van der Waals surface area (Å²) >= 11 is 11.9. The molecule has 0 fully saturated rings. The second-order valence-corrected chi connectivity index (χ2v) is 6.83. The van der Waals surface area contributed by atoms with Gasteiger partial charge in [-0.15, -0.1) is 0 Å². The third kappa shape index (κ3) is 4.73. The van der Waals surface area contributed by atoms with Crippen molar-refractivity contribution < 1.29 is 18.3 Å². The van der Waals surface area contributed by atoms with Crippen LogP contribution < -0.4 is 5.32 Å². The maximum absolute atomic E-state index is 12.8. The Balaban J connectivity index is 1.65. The number of aromatic nitrogens is 1. The van der Waals surface area contributed by atoms with Gasteiger partial charge in [-0.1, -0.05) is 29.3 Å². The Morgan fingerprint density at radius 3 is 2.56 bits per heavy atom. The summed E-state index contributed by atoms with van der Waals surface area (Å²) in [6.45, 7) is 0.964. The van der Waals surface area contributed by atoms with E-state index in [0.717, 1.165) is 23.4 Å². The molecule has 1 aliphatic heterocycles. The molecule has 0 aliphatic carbocycles. The molecule has 0 radical (unpaired) electrons. The van der Waals surface area contributed by atoms with Crippen LogP contribution in [0, 0.1) is 0 Å². The van der Waals surface area contributed by atoms with Crippen LogP contribution in [0.2, 0.25) is 10.0 Å². The van der Waals surface area contributed by atoms with Gasteiger partial charge in [-0.3, -0.25) is 9.88 Å². The number of halogens is 5. The molecule has 0 spiro atoms. The lowest BCUT2D eigenvalue weighted by atomic mass is 10.0. The third-order valence-electron chi connectivity index (χ3n) is 4.22. The number of pyridine rings is 1. The normalized spacial score (nSPS) is 16.7. The summed E-state index contributed by atoms with van der Waals surface area (Å²) in [6, 6.07) is 6.78. The quantitative estimate of drug-likeness (QED) is 0.695. The summed E-state index contributed by atoms with van der Waals surface area (Å²) in [5.74, 6) is 0. The minimum Gasteiger partial charge on any atom is -0.361 e. The van der Waals surface area contributed by atoms with Crippen LogP contribution in [0.25, 0.3) is 5.57 Å². The van der Waals surface area contributed by atoms with Gasteiger partial charge in [0, 0.05) is 25.0 Å². The predicted octanol–water partition coefficient (Wildman–Crippen LogP) is 4.88. The Labute approximate surface area is 164 Å². The molecule has 1 aromatic carbocycles. The zero-order valence-corrected chi connectivity index (χ0v) is 15.5. The van der Waals surface area contributed by atoms with Crippen LogP contribution in [0.5, 0.6) is 0 Å². The fourth-order valence-electron chi connectivity index (χ4n) is 2.82. The summed E-state index contributed by atoms with van der Waals surface area (Å²) in [5.41, 5.74) is 1.09. The molecule has 1 aliphatic rings. The number of benzene rings is 1. The zero-order valence-electron chi connectivity index (χ0n) is 14.0. The standard InChI is InChI=1S/C18H16Cl2F3N3O/c19-14-2-1-7-24-16(14)11-5-8-26(9-6-11)17(27)25-12-3-4-13(15(20)10-12)18(21,22)23/h1-5,7,10,17,25,27H,6,8-9H2. The topological polar surface area (TPSA) is 48.4 Å². The van der Waals surface area contributed by atoms with E-state index in [-0.39, 0.29) is 0 Å². The predicted molar refractivity (Wildman–Crippen MR) is 99.5 cm³/mol. The minimum absolute atomic E-state index is 0.294. The van der Waals surface area contributed by atoms with E-state index in [0.29, 0.717) is 30.2 Å². The van der Waals surface area contributed by atoms with E-state index in [1.54, 1.807) is 23.2 Å². The lowest BCUT2D eigenvalue weighted by Crippen LogP contribution is -2.43. The van der Waals surface area contributed by atoms with Crippen LogP contribution in [0.1, 0.15) is 17.7 Å². The average molecular weight is 418 g/mol. The third-order valence-corrected chi connectivity index (χ3v) is 4.84. The highest BCUT2D eigenvalue weighted by Gasteiger charge is 2.33. The van der Waals surface area contributed by atoms with Gasteiger partial charge in [-0.25, -0.2) is 0 Å². The second kappa shape index (κ2) is 8.06. The number of nitrogens with one attached hydrogen (secondary N) is 1. The Hall–Kier alpha value is -1.80. The smallest absolute Gasteiger partial charge is 0.361 e. The lowest BCUT2D eigenvalue weighted by Gasteiger charge is -2.31.